The Morgan fingerprint density at radius 1 is 1.07 bits per heavy atom. The number of fused-ring (bicyclic) bond motifs is 1. The maximum absolute atomic E-state index is 13.5. The number of halogens is 1. The highest BCUT2D eigenvalue weighted by atomic mass is 35.5. The molecule has 0 spiro atoms. The van der Waals surface area contributed by atoms with Crippen LogP contribution in [0.4, 0.5) is 5.69 Å². The molecular weight excluding hydrogens is 398 g/mol. The highest BCUT2D eigenvalue weighted by Crippen LogP contribution is 2.28. The van der Waals surface area contributed by atoms with E-state index in [4.69, 9.17) is 16.6 Å². The Morgan fingerprint density at radius 3 is 2.40 bits per heavy atom. The van der Waals surface area contributed by atoms with E-state index in [2.05, 4.69) is 37.7 Å². The molecule has 1 aliphatic rings. The number of carbonyl (C=O) groups excluding carboxylic acids is 1. The largest absolute Gasteiger partial charge is 0.367 e. The zero-order valence-corrected chi connectivity index (χ0v) is 18.7. The monoisotopic (exact) mass is 425 g/mol. The van der Waals surface area contributed by atoms with E-state index in [1.54, 1.807) is 6.20 Å². The van der Waals surface area contributed by atoms with Gasteiger partial charge in [0.15, 0.2) is 5.65 Å². The lowest BCUT2D eigenvalue weighted by Gasteiger charge is -2.36. The van der Waals surface area contributed by atoms with E-state index < -0.39 is 0 Å². The van der Waals surface area contributed by atoms with Gasteiger partial charge in [-0.1, -0.05) is 37.6 Å². The molecule has 7 heteroatoms. The molecule has 0 atom stereocenters. The number of hydrogen-bond donors (Lipinski definition) is 0. The van der Waals surface area contributed by atoms with Crippen molar-refractivity contribution < 1.29 is 4.79 Å². The van der Waals surface area contributed by atoms with Crippen LogP contribution in [-0.4, -0.2) is 51.8 Å². The Bertz CT molecular complexity index is 1070. The van der Waals surface area contributed by atoms with Gasteiger partial charge in [0.25, 0.3) is 5.91 Å². The standard InChI is InChI=1S/C23H28ClN5O/c1-15(2)20-13-17(18-14-25-29(16(3)4)22(18)26-20)23(30)28-11-9-27(10-12-28)21-8-6-5-7-19(21)24/h5-8,13-16H,9-12H2,1-4H3. The Morgan fingerprint density at radius 2 is 1.77 bits per heavy atom. The van der Waals surface area contributed by atoms with Gasteiger partial charge in [-0.25, -0.2) is 9.67 Å². The van der Waals surface area contributed by atoms with Crippen LogP contribution in [0.1, 0.15) is 55.7 Å². The van der Waals surface area contributed by atoms with Crippen molar-refractivity contribution in [2.24, 2.45) is 0 Å². The first kappa shape index (κ1) is 20.7. The highest BCUT2D eigenvalue weighted by molar-refractivity contribution is 6.33. The van der Waals surface area contributed by atoms with Gasteiger partial charge in [-0.3, -0.25) is 4.79 Å². The lowest BCUT2D eigenvalue weighted by atomic mass is 10.0. The van der Waals surface area contributed by atoms with Crippen molar-refractivity contribution in [3.63, 3.8) is 0 Å². The minimum Gasteiger partial charge on any atom is -0.367 e. The van der Waals surface area contributed by atoms with E-state index in [1.165, 1.54) is 0 Å². The second-order valence-electron chi connectivity index (χ2n) is 8.40. The van der Waals surface area contributed by atoms with Gasteiger partial charge in [0.1, 0.15) is 0 Å². The number of rotatable bonds is 4. The lowest BCUT2D eigenvalue weighted by molar-refractivity contribution is 0.0748. The minimum absolute atomic E-state index is 0.0476. The predicted octanol–water partition coefficient (Wildman–Crippen LogP) is 4.75. The molecule has 0 radical (unpaired) electrons. The summed E-state index contributed by atoms with van der Waals surface area (Å²) in [4.78, 5) is 22.5. The molecule has 2 aromatic heterocycles. The number of pyridine rings is 1. The van der Waals surface area contributed by atoms with E-state index in [0.717, 1.165) is 40.5 Å². The Hall–Kier alpha value is -2.60. The second kappa shape index (κ2) is 8.26. The predicted molar refractivity (Wildman–Crippen MR) is 122 cm³/mol. The summed E-state index contributed by atoms with van der Waals surface area (Å²) in [6, 6.07) is 9.99. The summed E-state index contributed by atoms with van der Waals surface area (Å²) < 4.78 is 1.90. The van der Waals surface area contributed by atoms with Crippen molar-refractivity contribution >= 4 is 34.2 Å². The topological polar surface area (TPSA) is 54.3 Å². The molecular formula is C23H28ClN5O. The number of benzene rings is 1. The van der Waals surface area contributed by atoms with E-state index in [1.807, 2.05) is 39.9 Å². The van der Waals surface area contributed by atoms with Crippen LogP contribution in [0.2, 0.25) is 5.02 Å². The molecule has 30 heavy (non-hydrogen) atoms. The van der Waals surface area contributed by atoms with Gasteiger partial charge in [-0.2, -0.15) is 5.10 Å². The molecule has 1 saturated heterocycles. The van der Waals surface area contributed by atoms with Gasteiger partial charge in [0.2, 0.25) is 0 Å². The van der Waals surface area contributed by atoms with Gasteiger partial charge in [0, 0.05) is 37.9 Å². The molecule has 4 rings (SSSR count). The van der Waals surface area contributed by atoms with Crippen LogP contribution in [0.25, 0.3) is 11.0 Å². The maximum atomic E-state index is 13.5. The molecule has 1 amide bonds. The van der Waals surface area contributed by atoms with Gasteiger partial charge in [-0.05, 0) is 38.0 Å². The van der Waals surface area contributed by atoms with E-state index >= 15 is 0 Å². The first-order valence-electron chi connectivity index (χ1n) is 10.5. The van der Waals surface area contributed by atoms with Crippen LogP contribution in [0.3, 0.4) is 0 Å². The third-order valence-electron chi connectivity index (χ3n) is 5.66. The average Bonchev–Trinajstić information content (AvgIpc) is 3.17. The number of aromatic nitrogens is 3. The molecule has 6 nitrogen and oxygen atoms in total. The highest BCUT2D eigenvalue weighted by Gasteiger charge is 2.26. The quantitative estimate of drug-likeness (QED) is 0.605. The molecule has 1 aliphatic heterocycles. The van der Waals surface area contributed by atoms with Gasteiger partial charge < -0.3 is 9.80 Å². The zero-order chi connectivity index (χ0) is 21.4. The van der Waals surface area contributed by atoms with Gasteiger partial charge >= 0.3 is 0 Å². The second-order valence-corrected chi connectivity index (χ2v) is 8.81. The SMILES string of the molecule is CC(C)c1cc(C(=O)N2CCN(c3ccccc3Cl)CC2)c2cnn(C(C)C)c2n1. The molecule has 0 N–H and O–H groups in total. The Balaban J connectivity index is 1.61. The van der Waals surface area contributed by atoms with Crippen LogP contribution in [0.15, 0.2) is 36.5 Å². The number of carbonyl (C=O) groups is 1. The molecule has 0 saturated carbocycles. The molecule has 0 aliphatic carbocycles. The fourth-order valence-electron chi connectivity index (χ4n) is 3.92. The van der Waals surface area contributed by atoms with Crippen molar-refractivity contribution in [2.75, 3.05) is 31.1 Å². The maximum Gasteiger partial charge on any atom is 0.254 e. The molecule has 1 fully saturated rings. The van der Waals surface area contributed by atoms with Crippen molar-refractivity contribution in [3.8, 4) is 0 Å². The summed E-state index contributed by atoms with van der Waals surface area (Å²) in [5.41, 5.74) is 3.43. The van der Waals surface area contributed by atoms with Crippen molar-refractivity contribution in [3.05, 3.63) is 52.8 Å². The van der Waals surface area contributed by atoms with Crippen LogP contribution in [-0.2, 0) is 0 Å². The minimum atomic E-state index is 0.0476. The average molecular weight is 426 g/mol. The Kier molecular flexibility index (Phi) is 5.69. The summed E-state index contributed by atoms with van der Waals surface area (Å²) >= 11 is 6.35. The van der Waals surface area contributed by atoms with Crippen LogP contribution in [0, 0.1) is 0 Å². The molecule has 158 valence electrons. The molecule has 3 aromatic rings. The summed E-state index contributed by atoms with van der Waals surface area (Å²) in [5.74, 6) is 0.278. The molecule has 1 aromatic carbocycles. The van der Waals surface area contributed by atoms with Crippen LogP contribution < -0.4 is 4.90 Å². The van der Waals surface area contributed by atoms with Crippen LogP contribution >= 0.6 is 11.6 Å². The van der Waals surface area contributed by atoms with Crippen molar-refractivity contribution in [1.82, 2.24) is 19.7 Å². The van der Waals surface area contributed by atoms with Crippen molar-refractivity contribution in [2.45, 2.75) is 39.7 Å². The number of anilines is 1. The summed E-state index contributed by atoms with van der Waals surface area (Å²) in [6.45, 7) is 11.2. The molecule has 0 unspecified atom stereocenters. The normalized spacial score (nSPS) is 14.9. The number of nitrogens with zero attached hydrogens (tertiary/aromatic N) is 5. The summed E-state index contributed by atoms with van der Waals surface area (Å²) in [7, 11) is 0. The first-order chi connectivity index (χ1) is 14.4. The van der Waals surface area contributed by atoms with Gasteiger partial charge in [0.05, 0.1) is 27.9 Å². The number of amides is 1. The van der Waals surface area contributed by atoms with Crippen LogP contribution in [0.5, 0.6) is 0 Å². The molecule has 3 heterocycles. The molecule has 0 bridgehead atoms. The third kappa shape index (κ3) is 3.76. The number of hydrogen-bond acceptors (Lipinski definition) is 4. The fourth-order valence-corrected chi connectivity index (χ4v) is 4.17. The zero-order valence-electron chi connectivity index (χ0n) is 18.0. The number of para-hydroxylation sites is 1. The fraction of sp³-hybridized carbons (Fsp3) is 0.435. The first-order valence-corrected chi connectivity index (χ1v) is 10.9. The van der Waals surface area contributed by atoms with Crippen molar-refractivity contribution in [1.29, 1.82) is 0 Å². The van der Waals surface area contributed by atoms with E-state index in [0.29, 0.717) is 18.7 Å². The Labute approximate surface area is 182 Å². The van der Waals surface area contributed by atoms with Gasteiger partial charge in [-0.15, -0.1) is 0 Å². The number of piperazine rings is 1. The summed E-state index contributed by atoms with van der Waals surface area (Å²) in [6.07, 6.45) is 1.78. The summed E-state index contributed by atoms with van der Waals surface area (Å²) in [5, 5.41) is 6.08. The van der Waals surface area contributed by atoms with E-state index in [-0.39, 0.29) is 17.9 Å². The lowest BCUT2D eigenvalue weighted by Crippen LogP contribution is -2.49. The third-order valence-corrected chi connectivity index (χ3v) is 5.98. The smallest absolute Gasteiger partial charge is 0.254 e. The van der Waals surface area contributed by atoms with E-state index in [9.17, 15) is 4.79 Å².